The molecule has 0 fully saturated rings. The summed E-state index contributed by atoms with van der Waals surface area (Å²) < 4.78 is 0. The summed E-state index contributed by atoms with van der Waals surface area (Å²) in [6.45, 7) is 9.24. The molecule has 0 heterocycles. The second-order valence-electron chi connectivity index (χ2n) is 2.47. The molecule has 0 atom stereocenters. The van der Waals surface area contributed by atoms with Crippen molar-refractivity contribution < 1.29 is 9.59 Å². The molecule has 0 aromatic heterocycles. The molecule has 4 heteroatoms. The largest absolute Gasteiger partial charge is 0.352 e. The van der Waals surface area contributed by atoms with Crippen LogP contribution >= 0.6 is 0 Å². The third kappa shape index (κ3) is 7.55. The van der Waals surface area contributed by atoms with Crippen molar-refractivity contribution in [3.63, 3.8) is 0 Å². The van der Waals surface area contributed by atoms with Crippen molar-refractivity contribution in [1.29, 1.82) is 0 Å². The highest BCUT2D eigenvalue weighted by Crippen LogP contribution is 2.05. The van der Waals surface area contributed by atoms with Crippen LogP contribution in [0.3, 0.4) is 0 Å². The van der Waals surface area contributed by atoms with Crippen LogP contribution in [0.4, 0.5) is 0 Å². The smallest absolute Gasteiger partial charge is 0.288 e. The van der Waals surface area contributed by atoms with Crippen molar-refractivity contribution in [2.24, 2.45) is 5.18 Å². The van der Waals surface area contributed by atoms with Gasteiger partial charge in [0, 0.05) is 11.6 Å². The van der Waals surface area contributed by atoms with Crippen LogP contribution in [-0.2, 0) is 9.59 Å². The fourth-order valence-corrected chi connectivity index (χ4v) is 0.851. The zero-order valence-corrected chi connectivity index (χ0v) is 9.90. The lowest BCUT2D eigenvalue weighted by Gasteiger charge is -1.95. The number of allylic oxidation sites excluding steroid dienone is 5. The number of Topliss-reactive ketones (excluding diaryl/α,β-unsaturated/α-hetero) is 1. The summed E-state index contributed by atoms with van der Waals surface area (Å²) in [6.07, 6.45) is 6.36. The number of rotatable bonds is 5. The molecule has 88 valence electrons. The molecule has 0 rings (SSSR count). The first-order valence-electron chi connectivity index (χ1n) is 5.00. The molecule has 0 aromatic carbocycles. The summed E-state index contributed by atoms with van der Waals surface area (Å²) in [5, 5.41) is 2.05. The van der Waals surface area contributed by atoms with Crippen molar-refractivity contribution in [3.8, 4) is 0 Å². The fraction of sp³-hybridized carbons (Fsp3) is 0.333. The minimum Gasteiger partial charge on any atom is -0.288 e. The van der Waals surface area contributed by atoms with Crippen LogP contribution in [0.15, 0.2) is 41.6 Å². The lowest BCUT2D eigenvalue weighted by atomic mass is 10.1. The van der Waals surface area contributed by atoms with Gasteiger partial charge in [0.15, 0.2) is 0 Å². The van der Waals surface area contributed by atoms with Crippen molar-refractivity contribution in [2.75, 3.05) is 0 Å². The zero-order valence-electron chi connectivity index (χ0n) is 9.90. The van der Waals surface area contributed by atoms with Gasteiger partial charge in [0.25, 0.3) is 0 Å². The van der Waals surface area contributed by atoms with Gasteiger partial charge in [0.2, 0.25) is 5.78 Å². The van der Waals surface area contributed by atoms with E-state index in [4.69, 9.17) is 0 Å². The molecule has 0 aliphatic heterocycles. The first kappa shape index (κ1) is 16.6. The summed E-state index contributed by atoms with van der Waals surface area (Å²) in [5.74, 6) is -2.06. The van der Waals surface area contributed by atoms with Gasteiger partial charge < -0.3 is 0 Å². The number of nitroso groups, excluding NO2 is 1. The van der Waals surface area contributed by atoms with Gasteiger partial charge in [-0.25, -0.2) is 0 Å². The third-order valence-corrected chi connectivity index (χ3v) is 1.40. The molecule has 0 bridgehead atoms. The van der Waals surface area contributed by atoms with Crippen LogP contribution in [0.2, 0.25) is 0 Å². The highest BCUT2D eigenvalue weighted by Gasteiger charge is 2.14. The standard InChI is InChI=1S/C10H11NO3.C2H6/c1-3-5-8(6-4-2)7-9(12)10(13)11-14;1-2/h3-6H,1,7H2,2H3;1-2H3/b6-4-,8-5+;. The predicted molar refractivity (Wildman–Crippen MR) is 64.9 cm³/mol. The van der Waals surface area contributed by atoms with Gasteiger partial charge in [-0.3, -0.25) is 9.59 Å². The van der Waals surface area contributed by atoms with Gasteiger partial charge in [-0.2, -0.15) is 0 Å². The summed E-state index contributed by atoms with van der Waals surface area (Å²) in [4.78, 5) is 31.3. The topological polar surface area (TPSA) is 63.6 Å². The third-order valence-electron chi connectivity index (χ3n) is 1.40. The highest BCUT2D eigenvalue weighted by molar-refractivity contribution is 6.37. The molecule has 0 saturated carbocycles. The second-order valence-corrected chi connectivity index (χ2v) is 2.47. The van der Waals surface area contributed by atoms with E-state index in [0.29, 0.717) is 5.57 Å². The Balaban J connectivity index is 0. The molecular weight excluding hydrogens is 206 g/mol. The van der Waals surface area contributed by atoms with Crippen LogP contribution in [0.5, 0.6) is 0 Å². The highest BCUT2D eigenvalue weighted by atomic mass is 16.3. The van der Waals surface area contributed by atoms with Crippen molar-refractivity contribution in [3.05, 3.63) is 41.4 Å². The van der Waals surface area contributed by atoms with Gasteiger partial charge >= 0.3 is 5.91 Å². The number of hydrogen-bond donors (Lipinski definition) is 0. The lowest BCUT2D eigenvalue weighted by molar-refractivity contribution is -0.135. The van der Waals surface area contributed by atoms with Crippen molar-refractivity contribution >= 4 is 11.7 Å². The van der Waals surface area contributed by atoms with E-state index >= 15 is 0 Å². The number of ketones is 1. The Kier molecular flexibility index (Phi) is 11.6. The molecule has 0 aliphatic carbocycles. The summed E-state index contributed by atoms with van der Waals surface area (Å²) in [7, 11) is 0. The molecule has 1 amide bonds. The summed E-state index contributed by atoms with van der Waals surface area (Å²) >= 11 is 0. The van der Waals surface area contributed by atoms with Crippen LogP contribution in [0.25, 0.3) is 0 Å². The minimum absolute atomic E-state index is 0.124. The molecule has 0 aliphatic rings. The Morgan fingerprint density at radius 1 is 1.31 bits per heavy atom. The van der Waals surface area contributed by atoms with Crippen molar-refractivity contribution in [1.82, 2.24) is 0 Å². The SMILES string of the molecule is C=C/C=C(\C=C/C)CC(=O)C(=O)N=O.CC. The number of carbonyl (C=O) groups is 2. The molecule has 0 radical (unpaired) electrons. The van der Waals surface area contributed by atoms with Gasteiger partial charge in [-0.15, -0.1) is 4.91 Å². The van der Waals surface area contributed by atoms with Crippen LogP contribution in [-0.4, -0.2) is 11.7 Å². The maximum absolute atomic E-state index is 11.0. The monoisotopic (exact) mass is 223 g/mol. The number of carbonyl (C=O) groups excluding carboxylic acids is 2. The predicted octanol–water partition coefficient (Wildman–Crippen LogP) is 2.95. The molecule has 4 nitrogen and oxygen atoms in total. The van der Waals surface area contributed by atoms with Gasteiger partial charge in [0.05, 0.1) is 0 Å². The Hall–Kier alpha value is -1.84. The van der Waals surface area contributed by atoms with Crippen LogP contribution in [0.1, 0.15) is 27.2 Å². The van der Waals surface area contributed by atoms with Gasteiger partial charge in [-0.05, 0) is 12.5 Å². The average molecular weight is 223 g/mol. The molecule has 0 saturated heterocycles. The first-order chi connectivity index (χ1) is 7.65. The fourth-order valence-electron chi connectivity index (χ4n) is 0.851. The quantitative estimate of drug-likeness (QED) is 0.409. The summed E-state index contributed by atoms with van der Waals surface area (Å²) in [5.41, 5.74) is 0.615. The Morgan fingerprint density at radius 2 is 1.88 bits per heavy atom. The molecule has 0 aromatic rings. The lowest BCUT2D eigenvalue weighted by Crippen LogP contribution is -2.10. The van der Waals surface area contributed by atoms with E-state index in [1.54, 1.807) is 25.2 Å². The molecule has 0 unspecified atom stereocenters. The van der Waals surface area contributed by atoms with E-state index in [1.165, 1.54) is 6.08 Å². The number of nitrogens with zero attached hydrogens (tertiary/aromatic N) is 1. The second kappa shape index (κ2) is 11.2. The zero-order chi connectivity index (χ0) is 13.0. The Morgan fingerprint density at radius 3 is 2.25 bits per heavy atom. The molecule has 0 spiro atoms. The molecular formula is C12H17NO3. The maximum Gasteiger partial charge on any atom is 0.352 e. The van der Waals surface area contributed by atoms with E-state index in [1.807, 2.05) is 19.0 Å². The summed E-state index contributed by atoms with van der Waals surface area (Å²) in [6, 6.07) is 0. The van der Waals surface area contributed by atoms with Crippen molar-refractivity contribution in [2.45, 2.75) is 27.2 Å². The first-order valence-corrected chi connectivity index (χ1v) is 5.00. The van der Waals surface area contributed by atoms with Crippen LogP contribution in [0, 0.1) is 4.91 Å². The van der Waals surface area contributed by atoms with E-state index in [0.717, 1.165) is 0 Å². The number of hydrogen-bond acceptors (Lipinski definition) is 3. The Bertz CT molecular complexity index is 314. The Labute approximate surface area is 95.7 Å². The van der Waals surface area contributed by atoms with Crippen LogP contribution < -0.4 is 0 Å². The van der Waals surface area contributed by atoms with Gasteiger partial charge in [-0.1, -0.05) is 44.7 Å². The van der Waals surface area contributed by atoms with Gasteiger partial charge in [0.1, 0.15) is 0 Å². The number of amides is 1. The van der Waals surface area contributed by atoms with E-state index < -0.39 is 11.7 Å². The van der Waals surface area contributed by atoms with E-state index in [2.05, 4.69) is 6.58 Å². The maximum atomic E-state index is 11.0. The minimum atomic E-state index is -1.25. The van der Waals surface area contributed by atoms with E-state index in [-0.39, 0.29) is 6.42 Å². The normalized spacial score (nSPS) is 10.3. The molecule has 16 heavy (non-hydrogen) atoms. The van der Waals surface area contributed by atoms with E-state index in [9.17, 15) is 14.5 Å². The average Bonchev–Trinajstić information content (AvgIpc) is 2.31. The molecule has 0 N–H and O–H groups in total.